The molecule has 0 amide bonds. The number of aryl methyl sites for hydroxylation is 2. The van der Waals surface area contributed by atoms with Gasteiger partial charge in [0.15, 0.2) is 0 Å². The van der Waals surface area contributed by atoms with E-state index in [1.54, 1.807) is 0 Å². The van der Waals surface area contributed by atoms with Gasteiger partial charge in [0, 0.05) is 16.2 Å². The van der Waals surface area contributed by atoms with Gasteiger partial charge in [0.05, 0.1) is 16.7 Å². The van der Waals surface area contributed by atoms with Gasteiger partial charge in [0.1, 0.15) is 0 Å². The summed E-state index contributed by atoms with van der Waals surface area (Å²) in [5.74, 6) is 0. The second-order valence-corrected chi connectivity index (χ2v) is 6.87. The van der Waals surface area contributed by atoms with E-state index < -0.39 is 0 Å². The van der Waals surface area contributed by atoms with E-state index in [1.807, 2.05) is 0 Å². The van der Waals surface area contributed by atoms with Crippen LogP contribution in [0.25, 0.3) is 38.3 Å². The van der Waals surface area contributed by atoms with Crippen molar-refractivity contribution < 1.29 is 0 Å². The summed E-state index contributed by atoms with van der Waals surface area (Å²) >= 11 is 0. The van der Waals surface area contributed by atoms with Crippen molar-refractivity contribution in [2.45, 2.75) is 13.8 Å². The second-order valence-electron chi connectivity index (χ2n) is 6.87. The average molecular weight is 321 g/mol. The van der Waals surface area contributed by atoms with E-state index in [0.717, 1.165) is 0 Å². The van der Waals surface area contributed by atoms with Crippen molar-refractivity contribution in [3.8, 4) is 5.69 Å². The Kier molecular flexibility index (Phi) is 2.98. The maximum absolute atomic E-state index is 2.41. The molecule has 5 aromatic rings. The standard InChI is InChI=1S/C24H19N/c1-16-10-12-23-20(14-16)21-15-17(2)11-13-24(21)25(23)22-9-5-7-18-6-3-4-8-19(18)22/h3-15H,1-2H3. The minimum absolute atomic E-state index is 1.24. The fourth-order valence-corrected chi connectivity index (χ4v) is 3.91. The lowest BCUT2D eigenvalue weighted by Crippen LogP contribution is -1.95. The SMILES string of the molecule is Cc1ccc2c(c1)c1cc(C)ccc1n2-c1cccc2ccccc12. The van der Waals surface area contributed by atoms with Gasteiger partial charge in [-0.1, -0.05) is 59.7 Å². The van der Waals surface area contributed by atoms with Crippen molar-refractivity contribution in [3.05, 3.63) is 90.0 Å². The third-order valence-corrected chi connectivity index (χ3v) is 5.08. The Balaban J connectivity index is 2.01. The summed E-state index contributed by atoms with van der Waals surface area (Å²) < 4.78 is 2.41. The van der Waals surface area contributed by atoms with Crippen molar-refractivity contribution in [3.63, 3.8) is 0 Å². The third-order valence-electron chi connectivity index (χ3n) is 5.08. The van der Waals surface area contributed by atoms with Crippen LogP contribution in [0, 0.1) is 13.8 Å². The number of hydrogen-bond acceptors (Lipinski definition) is 0. The highest BCUT2D eigenvalue weighted by Gasteiger charge is 2.14. The molecule has 0 bridgehead atoms. The summed E-state index contributed by atoms with van der Waals surface area (Å²) in [5, 5.41) is 5.21. The highest BCUT2D eigenvalue weighted by molar-refractivity contribution is 6.11. The van der Waals surface area contributed by atoms with Crippen LogP contribution in [0.5, 0.6) is 0 Å². The fraction of sp³-hybridized carbons (Fsp3) is 0.0833. The predicted molar refractivity (Wildman–Crippen MR) is 108 cm³/mol. The van der Waals surface area contributed by atoms with Gasteiger partial charge < -0.3 is 4.57 Å². The molecule has 5 rings (SSSR count). The molecule has 120 valence electrons. The molecule has 0 saturated carbocycles. The number of aromatic nitrogens is 1. The summed E-state index contributed by atoms with van der Waals surface area (Å²) in [4.78, 5) is 0. The van der Waals surface area contributed by atoms with Crippen molar-refractivity contribution in [1.82, 2.24) is 4.57 Å². The van der Waals surface area contributed by atoms with Crippen molar-refractivity contribution in [1.29, 1.82) is 0 Å². The summed E-state index contributed by atoms with van der Waals surface area (Å²) in [6, 6.07) is 28.7. The highest BCUT2D eigenvalue weighted by Crippen LogP contribution is 2.35. The van der Waals surface area contributed by atoms with E-state index >= 15 is 0 Å². The van der Waals surface area contributed by atoms with Crippen LogP contribution in [0.1, 0.15) is 11.1 Å². The van der Waals surface area contributed by atoms with Gasteiger partial charge in [0.2, 0.25) is 0 Å². The minimum Gasteiger partial charge on any atom is -0.309 e. The van der Waals surface area contributed by atoms with E-state index in [0.29, 0.717) is 0 Å². The van der Waals surface area contributed by atoms with Crippen LogP contribution < -0.4 is 0 Å². The van der Waals surface area contributed by atoms with Gasteiger partial charge in [-0.05, 0) is 49.6 Å². The molecule has 0 radical (unpaired) electrons. The molecule has 25 heavy (non-hydrogen) atoms. The van der Waals surface area contributed by atoms with Gasteiger partial charge in [-0.25, -0.2) is 0 Å². The molecular weight excluding hydrogens is 302 g/mol. The predicted octanol–water partition coefficient (Wildman–Crippen LogP) is 6.55. The maximum atomic E-state index is 2.41. The number of hydrogen-bond donors (Lipinski definition) is 0. The zero-order valence-corrected chi connectivity index (χ0v) is 14.5. The Labute approximate surface area is 147 Å². The van der Waals surface area contributed by atoms with Crippen molar-refractivity contribution >= 4 is 32.6 Å². The first-order valence-electron chi connectivity index (χ1n) is 8.72. The number of fused-ring (bicyclic) bond motifs is 4. The molecule has 4 aromatic carbocycles. The fourth-order valence-electron chi connectivity index (χ4n) is 3.91. The minimum atomic E-state index is 1.24. The Morgan fingerprint density at radius 1 is 0.560 bits per heavy atom. The number of nitrogens with zero attached hydrogens (tertiary/aromatic N) is 1. The van der Waals surface area contributed by atoms with Crippen molar-refractivity contribution in [2.75, 3.05) is 0 Å². The summed E-state index contributed by atoms with van der Waals surface area (Å²) in [7, 11) is 0. The molecular formula is C24H19N. The van der Waals surface area contributed by atoms with Gasteiger partial charge in [-0.15, -0.1) is 0 Å². The van der Waals surface area contributed by atoms with Crippen LogP contribution in [0.3, 0.4) is 0 Å². The Morgan fingerprint density at radius 2 is 1.16 bits per heavy atom. The first kappa shape index (κ1) is 14.3. The molecule has 0 aliphatic carbocycles. The molecule has 0 aliphatic rings. The summed E-state index contributed by atoms with van der Waals surface area (Å²) in [5.41, 5.74) is 6.37. The number of benzene rings is 4. The maximum Gasteiger partial charge on any atom is 0.0541 e. The first-order valence-corrected chi connectivity index (χ1v) is 8.72. The topological polar surface area (TPSA) is 4.93 Å². The van der Waals surface area contributed by atoms with Gasteiger partial charge in [-0.2, -0.15) is 0 Å². The Bertz CT molecular complexity index is 1190. The molecule has 0 spiro atoms. The summed E-state index contributed by atoms with van der Waals surface area (Å²) in [6.07, 6.45) is 0. The largest absolute Gasteiger partial charge is 0.309 e. The Morgan fingerprint density at radius 3 is 1.84 bits per heavy atom. The molecule has 1 nitrogen and oxygen atoms in total. The summed E-state index contributed by atoms with van der Waals surface area (Å²) in [6.45, 7) is 4.33. The monoisotopic (exact) mass is 321 g/mol. The smallest absolute Gasteiger partial charge is 0.0541 e. The zero-order valence-electron chi connectivity index (χ0n) is 14.5. The molecule has 0 atom stereocenters. The lowest BCUT2D eigenvalue weighted by Gasteiger charge is -2.11. The molecule has 1 aromatic heterocycles. The van der Waals surface area contributed by atoms with E-state index in [-0.39, 0.29) is 0 Å². The Hall–Kier alpha value is -3.06. The van der Waals surface area contributed by atoms with E-state index in [4.69, 9.17) is 0 Å². The lowest BCUT2D eigenvalue weighted by molar-refractivity contribution is 1.19. The second kappa shape index (κ2) is 5.22. The van der Waals surface area contributed by atoms with E-state index in [2.05, 4.69) is 97.3 Å². The third kappa shape index (κ3) is 2.09. The van der Waals surface area contributed by atoms with Crippen LogP contribution in [0.4, 0.5) is 0 Å². The lowest BCUT2D eigenvalue weighted by atomic mass is 10.1. The first-order chi connectivity index (χ1) is 12.2. The van der Waals surface area contributed by atoms with Crippen LogP contribution >= 0.6 is 0 Å². The van der Waals surface area contributed by atoms with Gasteiger partial charge >= 0.3 is 0 Å². The van der Waals surface area contributed by atoms with E-state index in [9.17, 15) is 0 Å². The van der Waals surface area contributed by atoms with Crippen molar-refractivity contribution in [2.24, 2.45) is 0 Å². The van der Waals surface area contributed by atoms with Crippen LogP contribution in [0.15, 0.2) is 78.9 Å². The van der Waals surface area contributed by atoms with Crippen LogP contribution in [-0.2, 0) is 0 Å². The number of rotatable bonds is 1. The quantitative estimate of drug-likeness (QED) is 0.330. The molecule has 0 N–H and O–H groups in total. The molecule has 1 heterocycles. The molecule has 0 unspecified atom stereocenters. The average Bonchev–Trinajstić information content (AvgIpc) is 2.94. The normalized spacial score (nSPS) is 11.6. The molecule has 0 saturated heterocycles. The zero-order chi connectivity index (χ0) is 17.0. The van der Waals surface area contributed by atoms with Crippen LogP contribution in [0.2, 0.25) is 0 Å². The molecule has 0 aliphatic heterocycles. The molecule has 1 heteroatoms. The van der Waals surface area contributed by atoms with E-state index in [1.165, 1.54) is 49.4 Å². The van der Waals surface area contributed by atoms with Crippen LogP contribution in [-0.4, -0.2) is 4.57 Å². The van der Waals surface area contributed by atoms with Gasteiger partial charge in [-0.3, -0.25) is 0 Å². The molecule has 0 fully saturated rings. The van der Waals surface area contributed by atoms with Gasteiger partial charge in [0.25, 0.3) is 0 Å². The highest BCUT2D eigenvalue weighted by atomic mass is 15.0.